The molecule has 0 spiro atoms. The average molecular weight is 414 g/mol. The zero-order valence-corrected chi connectivity index (χ0v) is 18.3. The summed E-state index contributed by atoms with van der Waals surface area (Å²) in [5.41, 5.74) is -0.169. The number of hydrogen-bond acceptors (Lipinski definition) is 4. The molecule has 5 aliphatic rings. The lowest BCUT2D eigenvalue weighted by Gasteiger charge is -2.56. The van der Waals surface area contributed by atoms with Crippen LogP contribution in [-0.2, 0) is 9.59 Å². The lowest BCUT2D eigenvalue weighted by atomic mass is 9.49. The Balaban J connectivity index is 1.26. The van der Waals surface area contributed by atoms with Crippen LogP contribution in [-0.4, -0.2) is 54.8 Å². The lowest BCUT2D eigenvalue weighted by Crippen LogP contribution is -2.57. The third-order valence-corrected chi connectivity index (χ3v) is 8.27. The Hall–Kier alpha value is -1.82. The molecule has 0 aromatic carbocycles. The third kappa shape index (κ3) is 3.47. The van der Waals surface area contributed by atoms with Crippen LogP contribution in [0.1, 0.15) is 63.2 Å². The molecule has 30 heavy (non-hydrogen) atoms. The van der Waals surface area contributed by atoms with Crippen molar-refractivity contribution >= 4 is 11.8 Å². The monoisotopic (exact) mass is 413 g/mol. The summed E-state index contributed by atoms with van der Waals surface area (Å²) in [4.78, 5) is 30.9. The van der Waals surface area contributed by atoms with Crippen LogP contribution in [0.4, 0.5) is 0 Å². The summed E-state index contributed by atoms with van der Waals surface area (Å²) < 4.78 is 5.55. The van der Waals surface area contributed by atoms with E-state index in [0.29, 0.717) is 6.54 Å². The number of likely N-dealkylation sites (tertiary alicyclic amines) is 1. The van der Waals surface area contributed by atoms with Crippen LogP contribution in [0.25, 0.3) is 0 Å². The summed E-state index contributed by atoms with van der Waals surface area (Å²) in [5, 5.41) is 3.12. The van der Waals surface area contributed by atoms with Gasteiger partial charge in [-0.2, -0.15) is 0 Å². The van der Waals surface area contributed by atoms with Crippen molar-refractivity contribution in [1.82, 2.24) is 15.1 Å². The molecule has 5 fully saturated rings. The Bertz CT molecular complexity index is 752. The van der Waals surface area contributed by atoms with Crippen molar-refractivity contribution in [2.24, 2.45) is 23.2 Å². The smallest absolute Gasteiger partial charge is 0.242 e. The van der Waals surface area contributed by atoms with Gasteiger partial charge in [0, 0.05) is 13.1 Å². The molecule has 6 heteroatoms. The van der Waals surface area contributed by atoms with Gasteiger partial charge in [0.25, 0.3) is 0 Å². The van der Waals surface area contributed by atoms with Gasteiger partial charge >= 0.3 is 0 Å². The molecule has 2 heterocycles. The molecule has 4 aliphatic carbocycles. The molecular weight excluding hydrogens is 378 g/mol. The van der Waals surface area contributed by atoms with Crippen LogP contribution in [0, 0.1) is 23.2 Å². The van der Waals surface area contributed by atoms with Crippen LogP contribution in [0.5, 0.6) is 0 Å². The first-order valence-corrected chi connectivity index (χ1v) is 11.7. The minimum atomic E-state index is -0.315. The van der Waals surface area contributed by atoms with E-state index in [-0.39, 0.29) is 29.3 Å². The number of carbonyl (C=O) groups excluding carboxylic acids is 2. The van der Waals surface area contributed by atoms with Gasteiger partial charge < -0.3 is 14.6 Å². The van der Waals surface area contributed by atoms with E-state index in [2.05, 4.69) is 5.32 Å². The number of furan rings is 1. The molecule has 1 aromatic rings. The average Bonchev–Trinajstić information content (AvgIpc) is 3.38. The Kier molecular flexibility index (Phi) is 5.16. The molecule has 4 saturated carbocycles. The first-order valence-electron chi connectivity index (χ1n) is 11.7. The second-order valence-corrected chi connectivity index (χ2v) is 10.6. The number of nitrogens with zero attached hydrogens (tertiary/aromatic N) is 2. The van der Waals surface area contributed by atoms with Gasteiger partial charge in [-0.05, 0) is 95.3 Å². The summed E-state index contributed by atoms with van der Waals surface area (Å²) in [6.07, 6.45) is 10.5. The molecule has 4 bridgehead atoms. The molecule has 2 atom stereocenters. The zero-order chi connectivity index (χ0) is 20.9. The standard InChI is InChI=1S/C24H35N3O3/c1-26(2)20(21-6-4-8-30-21)15-25-22(28)19-5-3-7-27(19)23(29)24-12-16-9-17(13-24)11-18(10-16)14-24/h4,6,8,16-20H,3,5,7,9-15H2,1-2H3,(H,25,28). The second-order valence-electron chi connectivity index (χ2n) is 10.6. The summed E-state index contributed by atoms with van der Waals surface area (Å²) >= 11 is 0. The molecular formula is C24H35N3O3. The van der Waals surface area contributed by atoms with Crippen LogP contribution in [0.15, 0.2) is 22.8 Å². The molecule has 1 N–H and O–H groups in total. The predicted molar refractivity (Wildman–Crippen MR) is 113 cm³/mol. The largest absolute Gasteiger partial charge is 0.468 e. The zero-order valence-electron chi connectivity index (χ0n) is 18.3. The maximum atomic E-state index is 13.8. The van der Waals surface area contributed by atoms with Crippen LogP contribution < -0.4 is 5.32 Å². The van der Waals surface area contributed by atoms with Crippen molar-refractivity contribution in [2.45, 2.75) is 63.5 Å². The second kappa shape index (κ2) is 7.70. The van der Waals surface area contributed by atoms with Crippen molar-refractivity contribution in [1.29, 1.82) is 0 Å². The van der Waals surface area contributed by atoms with Gasteiger partial charge in [-0.15, -0.1) is 0 Å². The maximum absolute atomic E-state index is 13.8. The van der Waals surface area contributed by atoms with E-state index in [1.165, 1.54) is 19.3 Å². The summed E-state index contributed by atoms with van der Waals surface area (Å²) in [6, 6.07) is 3.48. The van der Waals surface area contributed by atoms with Crippen molar-refractivity contribution in [3.8, 4) is 0 Å². The summed E-state index contributed by atoms with van der Waals surface area (Å²) in [5.74, 6) is 3.34. The topological polar surface area (TPSA) is 65.8 Å². The highest BCUT2D eigenvalue weighted by Gasteiger charge is 2.56. The quantitative estimate of drug-likeness (QED) is 0.778. The highest BCUT2D eigenvalue weighted by Crippen LogP contribution is 2.60. The Morgan fingerprint density at radius 1 is 1.20 bits per heavy atom. The lowest BCUT2D eigenvalue weighted by molar-refractivity contribution is -0.160. The predicted octanol–water partition coefficient (Wildman–Crippen LogP) is 3.21. The molecule has 164 valence electrons. The molecule has 1 saturated heterocycles. The maximum Gasteiger partial charge on any atom is 0.242 e. The van der Waals surface area contributed by atoms with Crippen LogP contribution in [0.2, 0.25) is 0 Å². The minimum absolute atomic E-state index is 0.0102. The van der Waals surface area contributed by atoms with Gasteiger partial charge in [-0.1, -0.05) is 0 Å². The number of hydrogen-bond donors (Lipinski definition) is 1. The van der Waals surface area contributed by atoms with Crippen molar-refractivity contribution in [3.05, 3.63) is 24.2 Å². The molecule has 6 rings (SSSR count). The number of rotatable bonds is 6. The van der Waals surface area contributed by atoms with Gasteiger partial charge in [0.05, 0.1) is 17.7 Å². The Morgan fingerprint density at radius 2 is 1.87 bits per heavy atom. The molecule has 2 amide bonds. The van der Waals surface area contributed by atoms with Crippen molar-refractivity contribution in [3.63, 3.8) is 0 Å². The van der Waals surface area contributed by atoms with E-state index < -0.39 is 0 Å². The highest BCUT2D eigenvalue weighted by atomic mass is 16.3. The van der Waals surface area contributed by atoms with Crippen LogP contribution in [0.3, 0.4) is 0 Å². The number of amides is 2. The van der Waals surface area contributed by atoms with Gasteiger partial charge in [-0.25, -0.2) is 0 Å². The van der Waals surface area contributed by atoms with E-state index in [0.717, 1.165) is 62.2 Å². The van der Waals surface area contributed by atoms with Crippen LogP contribution >= 0.6 is 0 Å². The van der Waals surface area contributed by atoms with E-state index >= 15 is 0 Å². The van der Waals surface area contributed by atoms with Crippen molar-refractivity contribution < 1.29 is 14.0 Å². The molecule has 0 radical (unpaired) electrons. The fourth-order valence-corrected chi connectivity index (χ4v) is 7.29. The minimum Gasteiger partial charge on any atom is -0.468 e. The number of nitrogens with one attached hydrogen (secondary N) is 1. The van der Waals surface area contributed by atoms with E-state index in [1.807, 2.05) is 36.0 Å². The first-order chi connectivity index (χ1) is 14.4. The van der Waals surface area contributed by atoms with E-state index in [9.17, 15) is 9.59 Å². The summed E-state index contributed by atoms with van der Waals surface area (Å²) in [7, 11) is 3.97. The van der Waals surface area contributed by atoms with E-state index in [4.69, 9.17) is 4.42 Å². The summed E-state index contributed by atoms with van der Waals surface area (Å²) in [6.45, 7) is 1.21. The Labute approximate surface area is 179 Å². The van der Waals surface area contributed by atoms with Crippen molar-refractivity contribution in [2.75, 3.05) is 27.2 Å². The normalized spacial score (nSPS) is 35.8. The Morgan fingerprint density at radius 3 is 2.43 bits per heavy atom. The number of carbonyl (C=O) groups is 2. The fourth-order valence-electron chi connectivity index (χ4n) is 7.29. The first kappa shape index (κ1) is 20.1. The van der Waals surface area contributed by atoms with Gasteiger partial charge in [0.1, 0.15) is 11.8 Å². The van der Waals surface area contributed by atoms with E-state index in [1.54, 1.807) is 6.26 Å². The molecule has 1 aromatic heterocycles. The fraction of sp³-hybridized carbons (Fsp3) is 0.750. The third-order valence-electron chi connectivity index (χ3n) is 8.27. The molecule has 6 nitrogen and oxygen atoms in total. The van der Waals surface area contributed by atoms with Gasteiger partial charge in [-0.3, -0.25) is 14.5 Å². The number of likely N-dealkylation sites (N-methyl/N-ethyl adjacent to an activating group) is 1. The molecule has 1 aliphatic heterocycles. The van der Waals surface area contributed by atoms with Gasteiger partial charge in [0.2, 0.25) is 11.8 Å². The molecule has 2 unspecified atom stereocenters. The SMILES string of the molecule is CN(C)C(CNC(=O)C1CCCN1C(=O)C12CC3CC(CC(C3)C1)C2)c1ccco1. The van der Waals surface area contributed by atoms with Gasteiger partial charge in [0.15, 0.2) is 0 Å². The highest BCUT2D eigenvalue weighted by molar-refractivity contribution is 5.91.